The molecule has 2 aromatic heterocycles. The Morgan fingerprint density at radius 2 is 1.92 bits per heavy atom. The molecule has 1 aromatic carbocycles. The SMILES string of the molecule is Nc1nccnc1C(=O)N1CCC(c2nc3ccccc3[nH]2)CC1. The van der Waals surface area contributed by atoms with Crippen molar-refractivity contribution in [1.82, 2.24) is 24.8 Å². The molecule has 0 aliphatic carbocycles. The molecular formula is C17H18N6O. The van der Waals surface area contributed by atoms with Gasteiger partial charge in [0.2, 0.25) is 0 Å². The fourth-order valence-electron chi connectivity index (χ4n) is 3.19. The van der Waals surface area contributed by atoms with E-state index in [1.54, 1.807) is 4.90 Å². The fourth-order valence-corrected chi connectivity index (χ4v) is 3.19. The lowest BCUT2D eigenvalue weighted by Crippen LogP contribution is -2.38. The number of rotatable bonds is 2. The molecule has 122 valence electrons. The number of carbonyl (C=O) groups is 1. The van der Waals surface area contributed by atoms with E-state index in [4.69, 9.17) is 5.73 Å². The highest BCUT2D eigenvalue weighted by Crippen LogP contribution is 2.28. The molecule has 0 radical (unpaired) electrons. The minimum absolute atomic E-state index is 0.149. The third-order valence-electron chi connectivity index (χ3n) is 4.51. The Morgan fingerprint density at radius 1 is 1.17 bits per heavy atom. The number of hydrogen-bond donors (Lipinski definition) is 2. The first kappa shape index (κ1) is 14.6. The zero-order chi connectivity index (χ0) is 16.5. The summed E-state index contributed by atoms with van der Waals surface area (Å²) >= 11 is 0. The second kappa shape index (κ2) is 5.92. The first-order valence-corrected chi connectivity index (χ1v) is 8.03. The standard InChI is InChI=1S/C17H18N6O/c18-15-14(19-7-8-20-15)17(24)23-9-5-11(6-10-23)16-21-12-3-1-2-4-13(12)22-16/h1-4,7-8,11H,5-6,9-10H2,(H2,18,20)(H,21,22). The molecule has 1 saturated heterocycles. The molecule has 0 spiro atoms. The number of H-pyrrole nitrogens is 1. The molecule has 1 aliphatic rings. The van der Waals surface area contributed by atoms with Gasteiger partial charge < -0.3 is 15.6 Å². The van der Waals surface area contributed by atoms with Crippen molar-refractivity contribution in [2.45, 2.75) is 18.8 Å². The summed E-state index contributed by atoms with van der Waals surface area (Å²) in [5.74, 6) is 1.37. The van der Waals surface area contributed by atoms with E-state index in [9.17, 15) is 4.79 Å². The van der Waals surface area contributed by atoms with E-state index >= 15 is 0 Å². The van der Waals surface area contributed by atoms with Crippen molar-refractivity contribution in [2.75, 3.05) is 18.8 Å². The van der Waals surface area contributed by atoms with Crippen molar-refractivity contribution in [1.29, 1.82) is 0 Å². The van der Waals surface area contributed by atoms with Crippen LogP contribution < -0.4 is 5.73 Å². The lowest BCUT2D eigenvalue weighted by molar-refractivity contribution is 0.0706. The van der Waals surface area contributed by atoms with Crippen molar-refractivity contribution in [2.24, 2.45) is 0 Å². The average molecular weight is 322 g/mol. The van der Waals surface area contributed by atoms with Crippen molar-refractivity contribution >= 4 is 22.8 Å². The first-order chi connectivity index (χ1) is 11.7. The van der Waals surface area contributed by atoms with Crippen LogP contribution in [0.2, 0.25) is 0 Å². The zero-order valence-electron chi connectivity index (χ0n) is 13.1. The molecule has 7 nitrogen and oxygen atoms in total. The lowest BCUT2D eigenvalue weighted by atomic mass is 9.96. The molecule has 1 fully saturated rings. The summed E-state index contributed by atoms with van der Waals surface area (Å²) in [4.78, 5) is 30.4. The van der Waals surface area contributed by atoms with Crippen LogP contribution in [0, 0.1) is 0 Å². The van der Waals surface area contributed by atoms with Gasteiger partial charge in [0.05, 0.1) is 11.0 Å². The maximum Gasteiger partial charge on any atom is 0.276 e. The van der Waals surface area contributed by atoms with Crippen molar-refractivity contribution < 1.29 is 4.79 Å². The maximum atomic E-state index is 12.5. The summed E-state index contributed by atoms with van der Waals surface area (Å²) in [6.07, 6.45) is 4.71. The van der Waals surface area contributed by atoms with E-state index in [0.717, 1.165) is 29.7 Å². The van der Waals surface area contributed by atoms with Gasteiger partial charge in [0.1, 0.15) is 5.82 Å². The van der Waals surface area contributed by atoms with Crippen LogP contribution in [0.4, 0.5) is 5.82 Å². The zero-order valence-corrected chi connectivity index (χ0v) is 13.1. The molecule has 24 heavy (non-hydrogen) atoms. The molecule has 1 amide bonds. The number of imidazole rings is 1. The van der Waals surface area contributed by atoms with E-state index in [1.165, 1.54) is 12.4 Å². The van der Waals surface area contributed by atoms with Crippen LogP contribution in [0.15, 0.2) is 36.7 Å². The second-order valence-electron chi connectivity index (χ2n) is 6.00. The Labute approximate surface area is 138 Å². The fraction of sp³-hybridized carbons (Fsp3) is 0.294. The summed E-state index contributed by atoms with van der Waals surface area (Å²) < 4.78 is 0. The largest absolute Gasteiger partial charge is 0.382 e. The highest BCUT2D eigenvalue weighted by atomic mass is 16.2. The van der Waals surface area contributed by atoms with Crippen LogP contribution in [0.3, 0.4) is 0 Å². The third kappa shape index (κ3) is 2.58. The number of nitrogens with two attached hydrogens (primary N) is 1. The maximum absolute atomic E-state index is 12.5. The van der Waals surface area contributed by atoms with Gasteiger partial charge in [-0.05, 0) is 25.0 Å². The van der Waals surface area contributed by atoms with Gasteiger partial charge in [0.15, 0.2) is 11.5 Å². The molecular weight excluding hydrogens is 304 g/mol. The summed E-state index contributed by atoms with van der Waals surface area (Å²) in [5, 5.41) is 0. The van der Waals surface area contributed by atoms with Gasteiger partial charge in [0, 0.05) is 31.4 Å². The number of nitrogens with zero attached hydrogens (tertiary/aromatic N) is 4. The van der Waals surface area contributed by atoms with Gasteiger partial charge in [-0.15, -0.1) is 0 Å². The van der Waals surface area contributed by atoms with E-state index < -0.39 is 0 Å². The van der Waals surface area contributed by atoms with Gasteiger partial charge in [-0.1, -0.05) is 12.1 Å². The van der Waals surface area contributed by atoms with Crippen LogP contribution in [-0.4, -0.2) is 43.8 Å². The number of likely N-dealkylation sites (tertiary alicyclic amines) is 1. The highest BCUT2D eigenvalue weighted by molar-refractivity contribution is 5.96. The van der Waals surface area contributed by atoms with Crippen LogP contribution in [-0.2, 0) is 0 Å². The van der Waals surface area contributed by atoms with Gasteiger partial charge >= 0.3 is 0 Å². The van der Waals surface area contributed by atoms with Crippen LogP contribution in [0.1, 0.15) is 35.1 Å². The summed E-state index contributed by atoms with van der Waals surface area (Å²) in [6, 6.07) is 8.02. The van der Waals surface area contributed by atoms with Gasteiger partial charge in [0.25, 0.3) is 5.91 Å². The number of nitrogens with one attached hydrogen (secondary N) is 1. The van der Waals surface area contributed by atoms with Crippen molar-refractivity contribution in [3.8, 4) is 0 Å². The number of anilines is 1. The average Bonchev–Trinajstić information content (AvgIpc) is 3.06. The molecule has 3 heterocycles. The van der Waals surface area contributed by atoms with E-state index in [1.807, 2.05) is 24.3 Å². The number of piperidine rings is 1. The first-order valence-electron chi connectivity index (χ1n) is 8.03. The number of aromatic nitrogens is 4. The second-order valence-corrected chi connectivity index (χ2v) is 6.00. The normalized spacial score (nSPS) is 15.8. The molecule has 0 unspecified atom stereocenters. The topological polar surface area (TPSA) is 101 Å². The lowest BCUT2D eigenvalue weighted by Gasteiger charge is -2.31. The quantitative estimate of drug-likeness (QED) is 0.751. The van der Waals surface area contributed by atoms with Crippen molar-refractivity contribution in [3.05, 3.63) is 48.2 Å². The number of aromatic amines is 1. The Kier molecular flexibility index (Phi) is 3.60. The molecule has 3 aromatic rings. The minimum atomic E-state index is -0.149. The summed E-state index contributed by atoms with van der Waals surface area (Å²) in [5.41, 5.74) is 8.03. The number of hydrogen-bond acceptors (Lipinski definition) is 5. The van der Waals surface area contributed by atoms with Crippen LogP contribution >= 0.6 is 0 Å². The number of para-hydroxylation sites is 2. The Hall–Kier alpha value is -2.96. The van der Waals surface area contributed by atoms with Crippen LogP contribution in [0.25, 0.3) is 11.0 Å². The molecule has 0 bridgehead atoms. The van der Waals surface area contributed by atoms with Crippen LogP contribution in [0.5, 0.6) is 0 Å². The minimum Gasteiger partial charge on any atom is -0.382 e. The number of carbonyl (C=O) groups excluding carboxylic acids is 1. The summed E-state index contributed by atoms with van der Waals surface area (Å²) in [7, 11) is 0. The number of fused-ring (bicyclic) bond motifs is 1. The van der Waals surface area contributed by atoms with E-state index in [0.29, 0.717) is 19.0 Å². The number of nitrogen functional groups attached to an aromatic ring is 1. The van der Waals surface area contributed by atoms with E-state index in [-0.39, 0.29) is 17.4 Å². The van der Waals surface area contributed by atoms with Gasteiger partial charge in [-0.3, -0.25) is 4.79 Å². The number of benzene rings is 1. The highest BCUT2D eigenvalue weighted by Gasteiger charge is 2.27. The predicted molar refractivity (Wildman–Crippen MR) is 90.4 cm³/mol. The number of amides is 1. The Balaban J connectivity index is 1.47. The summed E-state index contributed by atoms with van der Waals surface area (Å²) in [6.45, 7) is 1.33. The molecule has 1 aliphatic heterocycles. The van der Waals surface area contributed by atoms with Gasteiger partial charge in [-0.25, -0.2) is 15.0 Å². The third-order valence-corrected chi connectivity index (χ3v) is 4.51. The monoisotopic (exact) mass is 322 g/mol. The van der Waals surface area contributed by atoms with Crippen molar-refractivity contribution in [3.63, 3.8) is 0 Å². The Bertz CT molecular complexity index is 848. The van der Waals surface area contributed by atoms with Gasteiger partial charge in [-0.2, -0.15) is 0 Å². The molecule has 3 N–H and O–H groups in total. The molecule has 0 saturated carbocycles. The molecule has 0 atom stereocenters. The molecule has 4 rings (SSSR count). The molecule has 7 heteroatoms. The predicted octanol–water partition coefficient (Wildman–Crippen LogP) is 1.95. The van der Waals surface area contributed by atoms with E-state index in [2.05, 4.69) is 19.9 Å². The Morgan fingerprint density at radius 3 is 2.67 bits per heavy atom. The smallest absolute Gasteiger partial charge is 0.276 e.